The van der Waals surface area contributed by atoms with E-state index in [4.69, 9.17) is 23.2 Å². The number of aromatic carboxylic acids is 1. The third kappa shape index (κ3) is 7.01. The summed E-state index contributed by atoms with van der Waals surface area (Å²) >= 11 is 12.1. The van der Waals surface area contributed by atoms with E-state index >= 15 is 8.78 Å². The molecule has 4 rings (SSSR count). The number of hydrogen-bond donors (Lipinski definition) is 3. The number of ether oxygens (including phenoxy) is 1. The monoisotopic (exact) mass is 669 g/mol. The van der Waals surface area contributed by atoms with Crippen LogP contribution in [0.3, 0.4) is 0 Å². The molecule has 1 amide bonds. The van der Waals surface area contributed by atoms with Gasteiger partial charge in [0.2, 0.25) is 5.91 Å². The number of nitrogens with zero attached hydrogens (tertiary/aromatic N) is 1. The summed E-state index contributed by atoms with van der Waals surface area (Å²) in [7, 11) is 0. The molecule has 14 heteroatoms. The van der Waals surface area contributed by atoms with E-state index in [1.807, 2.05) is 20.8 Å². The first kappa shape index (κ1) is 34.0. The molecule has 4 unspecified atom stereocenters. The highest BCUT2D eigenvalue weighted by atomic mass is 35.5. The number of carboxylic acids is 1. The van der Waals surface area contributed by atoms with E-state index in [0.717, 1.165) is 18.2 Å². The molecule has 1 saturated heterocycles. The van der Waals surface area contributed by atoms with Crippen LogP contribution in [0.4, 0.5) is 27.6 Å². The van der Waals surface area contributed by atoms with Gasteiger partial charge in [0, 0.05) is 22.5 Å². The number of carbonyl (C=O) groups is 2. The van der Waals surface area contributed by atoms with Gasteiger partial charge >= 0.3 is 12.3 Å². The van der Waals surface area contributed by atoms with Crippen molar-refractivity contribution < 1.29 is 41.4 Å². The Balaban J connectivity index is 1.94. The van der Waals surface area contributed by atoms with Gasteiger partial charge in [-0.1, -0.05) is 62.2 Å². The fourth-order valence-corrected chi connectivity index (χ4v) is 6.08. The summed E-state index contributed by atoms with van der Waals surface area (Å²) in [5.41, 5.74) is -4.05. The molecule has 0 aromatic heterocycles. The molecule has 0 aliphatic carbocycles. The Bertz CT molecular complexity index is 1690. The molecule has 0 radical (unpaired) electrons. The summed E-state index contributed by atoms with van der Waals surface area (Å²) in [6, 6.07) is 9.51. The number of nitrogens with one attached hydrogen (secondary N) is 2. The van der Waals surface area contributed by atoms with Crippen molar-refractivity contribution >= 4 is 40.8 Å². The van der Waals surface area contributed by atoms with E-state index in [1.54, 1.807) is 0 Å². The standard InChI is InChI=1S/C31H26Cl2F5N3O4/c1-29(2,3)13-23-30(14-39,18-9-8-16(32)12-20(18)34)24(17-5-4-6-19(33)25(17)35)26(41-23)27(42)40-21-10-7-15(28(43)44)11-22(21)45-31(36,37)38/h4-12,23-24,26,41H,13H2,1-3H3,(H,40,42)(H,43,44). The van der Waals surface area contributed by atoms with Gasteiger partial charge in [-0.3, -0.25) is 4.79 Å². The van der Waals surface area contributed by atoms with Crippen molar-refractivity contribution in [2.45, 2.75) is 57.0 Å². The van der Waals surface area contributed by atoms with Crippen LogP contribution in [0.25, 0.3) is 0 Å². The number of benzene rings is 3. The normalized spacial score (nSPS) is 21.7. The highest BCUT2D eigenvalue weighted by molar-refractivity contribution is 6.31. The van der Waals surface area contributed by atoms with Crippen molar-refractivity contribution in [2.75, 3.05) is 5.32 Å². The minimum atomic E-state index is -5.26. The van der Waals surface area contributed by atoms with Crippen molar-refractivity contribution in [3.8, 4) is 11.8 Å². The minimum absolute atomic E-state index is 0.0180. The topological polar surface area (TPSA) is 111 Å². The van der Waals surface area contributed by atoms with Gasteiger partial charge in [0.15, 0.2) is 5.75 Å². The number of amides is 1. The van der Waals surface area contributed by atoms with Crippen LogP contribution in [0.5, 0.6) is 5.75 Å². The Morgan fingerprint density at radius 2 is 1.78 bits per heavy atom. The molecule has 0 saturated carbocycles. The van der Waals surface area contributed by atoms with Gasteiger partial charge in [-0.05, 0) is 53.8 Å². The van der Waals surface area contributed by atoms with Gasteiger partial charge in [0.1, 0.15) is 17.0 Å². The molecule has 238 valence electrons. The van der Waals surface area contributed by atoms with Crippen LogP contribution in [-0.2, 0) is 10.2 Å². The maximum Gasteiger partial charge on any atom is 0.573 e. The molecule has 45 heavy (non-hydrogen) atoms. The number of hydrogen-bond acceptors (Lipinski definition) is 5. The lowest BCUT2D eigenvalue weighted by atomic mass is 9.62. The second-order valence-corrected chi connectivity index (χ2v) is 12.6. The lowest BCUT2D eigenvalue weighted by Gasteiger charge is -2.37. The van der Waals surface area contributed by atoms with Crippen LogP contribution in [0.2, 0.25) is 10.0 Å². The van der Waals surface area contributed by atoms with Crippen molar-refractivity contribution in [2.24, 2.45) is 5.41 Å². The largest absolute Gasteiger partial charge is 0.573 e. The van der Waals surface area contributed by atoms with Crippen LogP contribution >= 0.6 is 23.2 Å². The summed E-state index contributed by atoms with van der Waals surface area (Å²) < 4.78 is 75.2. The van der Waals surface area contributed by atoms with Gasteiger partial charge < -0.3 is 20.5 Å². The van der Waals surface area contributed by atoms with Gasteiger partial charge in [-0.15, -0.1) is 13.2 Å². The maximum absolute atomic E-state index is 15.8. The van der Waals surface area contributed by atoms with E-state index in [1.165, 1.54) is 30.3 Å². The molecule has 1 fully saturated rings. The van der Waals surface area contributed by atoms with E-state index in [-0.39, 0.29) is 27.6 Å². The molecular weight excluding hydrogens is 644 g/mol. The summed E-state index contributed by atoms with van der Waals surface area (Å²) in [5.74, 6) is -7.00. The number of carbonyl (C=O) groups excluding carboxylic acids is 1. The summed E-state index contributed by atoms with van der Waals surface area (Å²) in [5, 5.41) is 25.2. The first-order valence-electron chi connectivity index (χ1n) is 13.4. The van der Waals surface area contributed by atoms with Gasteiger partial charge in [-0.25, -0.2) is 13.6 Å². The lowest BCUT2D eigenvalue weighted by molar-refractivity contribution is -0.274. The fourth-order valence-electron chi connectivity index (χ4n) is 5.74. The van der Waals surface area contributed by atoms with E-state index < -0.39 is 75.7 Å². The highest BCUT2D eigenvalue weighted by Gasteiger charge is 2.61. The number of carboxylic acid groups (broad SMARTS) is 1. The molecule has 3 aromatic carbocycles. The van der Waals surface area contributed by atoms with Crippen LogP contribution < -0.4 is 15.4 Å². The number of rotatable bonds is 7. The number of nitriles is 1. The average Bonchev–Trinajstić information content (AvgIpc) is 3.23. The molecule has 4 atom stereocenters. The Morgan fingerprint density at radius 1 is 1.09 bits per heavy atom. The fraction of sp³-hybridized carbons (Fsp3) is 0.323. The average molecular weight is 670 g/mol. The Morgan fingerprint density at radius 3 is 2.36 bits per heavy atom. The first-order chi connectivity index (χ1) is 20.9. The summed E-state index contributed by atoms with van der Waals surface area (Å²) in [4.78, 5) is 25.4. The number of alkyl halides is 3. The smallest absolute Gasteiger partial charge is 0.478 e. The third-order valence-corrected chi connectivity index (χ3v) is 7.97. The molecule has 0 bridgehead atoms. The highest BCUT2D eigenvalue weighted by Crippen LogP contribution is 2.53. The van der Waals surface area contributed by atoms with E-state index in [9.17, 15) is 33.1 Å². The van der Waals surface area contributed by atoms with Crippen LogP contribution in [0, 0.1) is 28.4 Å². The van der Waals surface area contributed by atoms with Crippen LogP contribution in [-0.4, -0.2) is 35.4 Å². The third-order valence-electron chi connectivity index (χ3n) is 7.44. The first-order valence-corrected chi connectivity index (χ1v) is 14.1. The molecule has 1 aliphatic rings. The summed E-state index contributed by atoms with van der Waals surface area (Å²) in [6.45, 7) is 5.51. The SMILES string of the molecule is CC(C)(C)CC1NC(C(=O)Nc2ccc(C(=O)O)cc2OC(F)(F)F)C(c2cccc(Cl)c2F)C1(C#N)c1ccc(Cl)cc1F. The molecule has 3 aromatic rings. The lowest BCUT2D eigenvalue weighted by Crippen LogP contribution is -2.45. The van der Waals surface area contributed by atoms with Crippen molar-refractivity contribution in [1.82, 2.24) is 5.32 Å². The number of anilines is 1. The van der Waals surface area contributed by atoms with E-state index in [0.29, 0.717) is 6.07 Å². The molecule has 1 heterocycles. The minimum Gasteiger partial charge on any atom is -0.478 e. The van der Waals surface area contributed by atoms with Crippen LogP contribution in [0.15, 0.2) is 54.6 Å². The van der Waals surface area contributed by atoms with Gasteiger partial charge in [-0.2, -0.15) is 5.26 Å². The van der Waals surface area contributed by atoms with Crippen molar-refractivity contribution in [1.29, 1.82) is 5.26 Å². The van der Waals surface area contributed by atoms with Gasteiger partial charge in [0.05, 0.1) is 28.4 Å². The zero-order valence-electron chi connectivity index (χ0n) is 23.9. The number of halogens is 7. The zero-order chi connectivity index (χ0) is 33.5. The van der Waals surface area contributed by atoms with Gasteiger partial charge in [0.25, 0.3) is 0 Å². The molecular formula is C31H26Cl2F5N3O4. The quantitative estimate of drug-likeness (QED) is 0.221. The maximum atomic E-state index is 15.8. The second-order valence-electron chi connectivity index (χ2n) is 11.7. The second kappa shape index (κ2) is 12.5. The Labute approximate surface area is 264 Å². The zero-order valence-corrected chi connectivity index (χ0v) is 25.4. The molecule has 3 N–H and O–H groups in total. The Hall–Kier alpha value is -3.92. The van der Waals surface area contributed by atoms with Crippen LogP contribution in [0.1, 0.15) is 54.6 Å². The van der Waals surface area contributed by atoms with Crippen molar-refractivity contribution in [3.05, 3.63) is 93.0 Å². The summed E-state index contributed by atoms with van der Waals surface area (Å²) in [6.07, 6.45) is -5.10. The Kier molecular flexibility index (Phi) is 9.41. The van der Waals surface area contributed by atoms with E-state index in [2.05, 4.69) is 21.4 Å². The molecule has 7 nitrogen and oxygen atoms in total. The predicted molar refractivity (Wildman–Crippen MR) is 156 cm³/mol. The molecule has 0 spiro atoms. The molecule has 1 aliphatic heterocycles. The van der Waals surface area contributed by atoms with Crippen molar-refractivity contribution in [3.63, 3.8) is 0 Å². The predicted octanol–water partition coefficient (Wildman–Crippen LogP) is 7.83.